The summed E-state index contributed by atoms with van der Waals surface area (Å²) >= 11 is 6.63. The molecule has 4 rings (SSSR count). The van der Waals surface area contributed by atoms with E-state index in [0.29, 0.717) is 22.1 Å². The van der Waals surface area contributed by atoms with Crippen LogP contribution in [0.4, 0.5) is 4.39 Å². The molecule has 230 valence electrons. The number of carbonyl (C=O) groups excluding carboxylic acids is 1. The average Bonchev–Trinajstić information content (AvgIpc) is 3.58. The first kappa shape index (κ1) is 32.3. The van der Waals surface area contributed by atoms with Crippen LogP contribution >= 0.6 is 23.6 Å². The maximum Gasteiger partial charge on any atom is 0.357 e. The Hall–Kier alpha value is -3.57. The van der Waals surface area contributed by atoms with E-state index in [-0.39, 0.29) is 36.0 Å². The fraction of sp³-hybridized carbons (Fsp3) is 0.438. The van der Waals surface area contributed by atoms with Crippen molar-refractivity contribution in [2.24, 2.45) is 11.8 Å². The second kappa shape index (κ2) is 13.0. The van der Waals surface area contributed by atoms with E-state index >= 15 is 0 Å². The summed E-state index contributed by atoms with van der Waals surface area (Å²) < 4.78 is 30.3. The highest BCUT2D eigenvalue weighted by atomic mass is 32.1. The molecule has 1 N–H and O–H groups in total. The van der Waals surface area contributed by atoms with Gasteiger partial charge in [0.05, 0.1) is 19.8 Å². The van der Waals surface area contributed by atoms with E-state index in [1.807, 2.05) is 19.9 Å². The molecule has 0 saturated carbocycles. The molecule has 11 heteroatoms. The highest BCUT2D eigenvalue weighted by Gasteiger charge is 2.60. The molecule has 0 bridgehead atoms. The molecule has 1 aliphatic heterocycles. The van der Waals surface area contributed by atoms with Crippen molar-refractivity contribution in [3.8, 4) is 11.5 Å². The zero-order chi connectivity index (χ0) is 31.5. The lowest BCUT2D eigenvalue weighted by Gasteiger charge is -2.39. The van der Waals surface area contributed by atoms with Crippen LogP contribution in [0.25, 0.3) is 0 Å². The van der Waals surface area contributed by atoms with Crippen LogP contribution in [0.2, 0.25) is 0 Å². The zero-order valence-electron chi connectivity index (χ0n) is 25.1. The van der Waals surface area contributed by atoms with Crippen molar-refractivity contribution in [1.29, 1.82) is 0 Å². The molecule has 1 amide bonds. The number of hydrogen-bond donors (Lipinski definition) is 1. The summed E-state index contributed by atoms with van der Waals surface area (Å²) in [7, 11) is 1.55. The van der Waals surface area contributed by atoms with Gasteiger partial charge < -0.3 is 24.2 Å². The smallest absolute Gasteiger partial charge is 0.357 e. The topological polar surface area (TPSA) is 98.2 Å². The molecule has 8 nitrogen and oxygen atoms in total. The molecule has 1 fully saturated rings. The molecule has 0 spiro atoms. The molecule has 3 atom stereocenters. The van der Waals surface area contributed by atoms with E-state index in [2.05, 4.69) is 25.8 Å². The quantitative estimate of drug-likeness (QED) is 0.252. The van der Waals surface area contributed by atoms with Gasteiger partial charge in [-0.25, -0.2) is 14.2 Å². The predicted octanol–water partition coefficient (Wildman–Crippen LogP) is 7.04. The molecule has 2 aromatic carbocycles. The van der Waals surface area contributed by atoms with Crippen LogP contribution in [-0.4, -0.2) is 51.4 Å². The Bertz CT molecular complexity index is 1460. The number of likely N-dealkylation sites (tertiary alicyclic amines) is 1. The number of rotatable bonds is 9. The number of benzene rings is 2. The first-order valence-corrected chi connectivity index (χ1v) is 15.3. The molecule has 3 aromatic rings. The minimum atomic E-state index is -1.54. The number of thiazole rings is 1. The molecular formula is C32H37FN2O6S2. The zero-order valence-corrected chi connectivity index (χ0v) is 26.8. The van der Waals surface area contributed by atoms with E-state index in [9.17, 15) is 19.1 Å². The Balaban J connectivity index is 1.74. The van der Waals surface area contributed by atoms with Crippen LogP contribution in [0, 0.1) is 17.7 Å². The first-order chi connectivity index (χ1) is 20.3. The maximum absolute atomic E-state index is 14.5. The fourth-order valence-corrected chi connectivity index (χ4v) is 6.79. The van der Waals surface area contributed by atoms with Crippen molar-refractivity contribution in [3.05, 3.63) is 76.0 Å². The molecule has 1 aromatic heterocycles. The van der Waals surface area contributed by atoms with Crippen molar-refractivity contribution in [1.82, 2.24) is 9.88 Å². The molecule has 43 heavy (non-hydrogen) atoms. The number of ether oxygens (including phenoxy) is 3. The second-order valence-corrected chi connectivity index (χ2v) is 13.4. The number of carboxylic acid groups (broad SMARTS) is 1. The number of nitrogens with zero attached hydrogens (tertiary/aromatic N) is 2. The molecule has 0 radical (unpaired) electrons. The Morgan fingerprint density at radius 2 is 1.91 bits per heavy atom. The third-order valence-corrected chi connectivity index (χ3v) is 8.59. The van der Waals surface area contributed by atoms with Gasteiger partial charge in [0.2, 0.25) is 0 Å². The summed E-state index contributed by atoms with van der Waals surface area (Å²) in [6, 6.07) is 9.90. The van der Waals surface area contributed by atoms with Gasteiger partial charge in [0.1, 0.15) is 27.9 Å². The van der Waals surface area contributed by atoms with E-state index in [1.54, 1.807) is 30.8 Å². The number of methoxy groups -OCH3 is 1. The van der Waals surface area contributed by atoms with Gasteiger partial charge in [-0.05, 0) is 66.1 Å². The van der Waals surface area contributed by atoms with Crippen molar-refractivity contribution in [2.45, 2.75) is 64.5 Å². The van der Waals surface area contributed by atoms with Crippen LogP contribution < -0.4 is 9.47 Å². The van der Waals surface area contributed by atoms with Crippen molar-refractivity contribution >= 4 is 40.7 Å². The summed E-state index contributed by atoms with van der Waals surface area (Å²) in [5.41, 5.74) is -0.525. The van der Waals surface area contributed by atoms with Crippen molar-refractivity contribution in [3.63, 3.8) is 0 Å². The van der Waals surface area contributed by atoms with Crippen LogP contribution in [0.5, 0.6) is 11.5 Å². The minimum Gasteiger partial charge on any atom is -0.496 e. The molecule has 1 saturated heterocycles. The molecule has 1 aliphatic rings. The Kier molecular flexibility index (Phi) is 9.76. The fourth-order valence-electron chi connectivity index (χ4n) is 5.81. The summed E-state index contributed by atoms with van der Waals surface area (Å²) in [5, 5.41) is 13.0. The third kappa shape index (κ3) is 6.99. The number of carboxylic acids is 1. The summed E-state index contributed by atoms with van der Waals surface area (Å²) in [5.74, 6) is -1.60. The van der Waals surface area contributed by atoms with E-state index < -0.39 is 35.2 Å². The SMILES string of the molecule is COc1cc(C(=O)N2[C@@H](c3nccs3)[C@H](COC(=S)Oc3ccc(F)cc3)C[C@@]2(CC(C)C)C(=O)O)ccc1C(C)(C)C. The van der Waals surface area contributed by atoms with Crippen LogP contribution in [-0.2, 0) is 14.9 Å². The number of hydrogen-bond acceptors (Lipinski definition) is 8. The van der Waals surface area contributed by atoms with Crippen LogP contribution in [0.15, 0.2) is 54.0 Å². The van der Waals surface area contributed by atoms with Gasteiger partial charge in [-0.15, -0.1) is 11.3 Å². The van der Waals surface area contributed by atoms with Crippen LogP contribution in [0.3, 0.4) is 0 Å². The number of aliphatic carboxylic acids is 1. The number of halogens is 1. The highest BCUT2D eigenvalue weighted by Crippen LogP contribution is 2.51. The van der Waals surface area contributed by atoms with Crippen molar-refractivity contribution < 1.29 is 33.3 Å². The van der Waals surface area contributed by atoms with Crippen molar-refractivity contribution in [2.75, 3.05) is 13.7 Å². The van der Waals surface area contributed by atoms with E-state index in [4.69, 9.17) is 26.4 Å². The highest BCUT2D eigenvalue weighted by molar-refractivity contribution is 7.79. The Labute approximate surface area is 260 Å². The van der Waals surface area contributed by atoms with Gasteiger partial charge in [0.25, 0.3) is 5.91 Å². The van der Waals surface area contributed by atoms with Gasteiger partial charge in [0.15, 0.2) is 0 Å². The normalized spacial score (nSPS) is 20.2. The first-order valence-electron chi connectivity index (χ1n) is 14.0. The van der Waals surface area contributed by atoms with E-state index in [1.165, 1.54) is 40.5 Å². The van der Waals surface area contributed by atoms with Gasteiger partial charge in [-0.1, -0.05) is 40.7 Å². The summed E-state index contributed by atoms with van der Waals surface area (Å²) in [4.78, 5) is 33.7. The molecule has 0 aliphatic carbocycles. The minimum absolute atomic E-state index is 0.0204. The van der Waals surface area contributed by atoms with Gasteiger partial charge in [-0.2, -0.15) is 0 Å². The molecule has 2 heterocycles. The number of carbonyl (C=O) groups is 2. The standard InChI is InChI=1S/C32H37FN2O6S2/c1-19(2)16-32(29(37)38)17-21(18-40-30(42)41-23-10-8-22(33)9-11-23)26(27-34-13-14-43-27)35(32)28(36)20-7-12-24(31(3,4)5)25(15-20)39-6/h7-15,19,21,26H,16-18H2,1-6H3,(H,37,38)/t21-,26+,32-/m0/s1. The third-order valence-electron chi connectivity index (χ3n) is 7.54. The summed E-state index contributed by atoms with van der Waals surface area (Å²) in [6.45, 7) is 10.0. The van der Waals surface area contributed by atoms with Gasteiger partial charge in [-0.3, -0.25) is 4.79 Å². The maximum atomic E-state index is 14.5. The number of thiocarbonyl (C=S) groups is 1. The Morgan fingerprint density at radius 3 is 2.47 bits per heavy atom. The second-order valence-electron chi connectivity index (χ2n) is 12.2. The lowest BCUT2D eigenvalue weighted by atomic mass is 9.83. The van der Waals surface area contributed by atoms with Crippen LogP contribution in [0.1, 0.15) is 74.4 Å². The lowest BCUT2D eigenvalue weighted by molar-refractivity contribution is -0.150. The molecule has 0 unspecified atom stereocenters. The monoisotopic (exact) mass is 628 g/mol. The van der Waals surface area contributed by atoms with E-state index in [0.717, 1.165) is 5.56 Å². The lowest BCUT2D eigenvalue weighted by Crippen LogP contribution is -2.54. The predicted molar refractivity (Wildman–Crippen MR) is 166 cm³/mol. The number of amides is 1. The Morgan fingerprint density at radius 1 is 1.21 bits per heavy atom. The van der Waals surface area contributed by atoms with Gasteiger partial charge >= 0.3 is 11.2 Å². The average molecular weight is 629 g/mol. The number of aromatic nitrogens is 1. The largest absolute Gasteiger partial charge is 0.496 e. The van der Waals surface area contributed by atoms with Gasteiger partial charge in [0, 0.05) is 35.3 Å². The summed E-state index contributed by atoms with van der Waals surface area (Å²) in [6.07, 6.45) is 1.97. The molecular weight excluding hydrogens is 591 g/mol.